The number of hydrazone groups is 1. The number of ether oxygens (including phenoxy) is 2. The van der Waals surface area contributed by atoms with E-state index in [1.807, 2.05) is 0 Å². The van der Waals surface area contributed by atoms with E-state index in [0.29, 0.717) is 17.1 Å². The number of amides is 1. The van der Waals surface area contributed by atoms with Crippen molar-refractivity contribution in [3.05, 3.63) is 63.7 Å². The molecule has 1 amide bonds. The predicted molar refractivity (Wildman–Crippen MR) is 85.1 cm³/mol. The van der Waals surface area contributed by atoms with Gasteiger partial charge in [0.05, 0.1) is 23.1 Å². The normalized spacial score (nSPS) is 12.3. The second-order valence-electron chi connectivity index (χ2n) is 4.97. The third-order valence-corrected chi connectivity index (χ3v) is 3.33. The molecular formula is C16H13N3O5. The van der Waals surface area contributed by atoms with Gasteiger partial charge in [-0.3, -0.25) is 14.9 Å². The number of para-hydroxylation sites is 1. The molecule has 1 aliphatic heterocycles. The van der Waals surface area contributed by atoms with Crippen LogP contribution in [0.3, 0.4) is 0 Å². The summed E-state index contributed by atoms with van der Waals surface area (Å²) in [6.45, 7) is 0.172. The Kier molecular flexibility index (Phi) is 4.37. The van der Waals surface area contributed by atoms with Crippen LogP contribution >= 0.6 is 0 Å². The van der Waals surface area contributed by atoms with E-state index in [0.717, 1.165) is 5.56 Å². The lowest BCUT2D eigenvalue weighted by atomic mass is 10.1. The number of hydrogen-bond acceptors (Lipinski definition) is 6. The van der Waals surface area contributed by atoms with Crippen LogP contribution in [0.5, 0.6) is 11.5 Å². The SMILES string of the molecule is O=C(Cc1ccc2c(c1)OCO2)N/N=C\c1ccccc1[N+](=O)[O-]. The predicted octanol–water partition coefficient (Wildman–Crippen LogP) is 2.02. The lowest BCUT2D eigenvalue weighted by molar-refractivity contribution is -0.385. The summed E-state index contributed by atoms with van der Waals surface area (Å²) in [5.74, 6) is 0.904. The van der Waals surface area contributed by atoms with E-state index in [4.69, 9.17) is 9.47 Å². The van der Waals surface area contributed by atoms with Crippen LogP contribution in [0.4, 0.5) is 5.69 Å². The van der Waals surface area contributed by atoms with Crippen LogP contribution in [0, 0.1) is 10.1 Å². The average molecular weight is 327 g/mol. The van der Waals surface area contributed by atoms with Crippen LogP contribution in [-0.2, 0) is 11.2 Å². The minimum absolute atomic E-state index is 0.0775. The van der Waals surface area contributed by atoms with E-state index in [1.165, 1.54) is 12.3 Å². The summed E-state index contributed by atoms with van der Waals surface area (Å²) in [6, 6.07) is 11.4. The van der Waals surface area contributed by atoms with Crippen molar-refractivity contribution in [2.45, 2.75) is 6.42 Å². The first kappa shape index (κ1) is 15.5. The Labute approximate surface area is 136 Å². The third kappa shape index (κ3) is 3.49. The van der Waals surface area contributed by atoms with Crippen molar-refractivity contribution in [2.75, 3.05) is 6.79 Å². The van der Waals surface area contributed by atoms with Crippen LogP contribution in [0.1, 0.15) is 11.1 Å². The molecule has 24 heavy (non-hydrogen) atoms. The minimum atomic E-state index is -0.504. The number of nitrogens with zero attached hydrogens (tertiary/aromatic N) is 2. The number of fused-ring (bicyclic) bond motifs is 1. The van der Waals surface area contributed by atoms with E-state index in [1.54, 1.807) is 36.4 Å². The highest BCUT2D eigenvalue weighted by Gasteiger charge is 2.14. The van der Waals surface area contributed by atoms with Crippen LogP contribution in [0.15, 0.2) is 47.6 Å². The molecule has 0 saturated heterocycles. The summed E-state index contributed by atoms with van der Waals surface area (Å²) in [5.41, 5.74) is 3.33. The van der Waals surface area contributed by atoms with E-state index >= 15 is 0 Å². The monoisotopic (exact) mass is 327 g/mol. The topological polar surface area (TPSA) is 103 Å². The molecule has 0 saturated carbocycles. The summed E-state index contributed by atoms with van der Waals surface area (Å²) in [6.07, 6.45) is 1.35. The first-order valence-corrected chi connectivity index (χ1v) is 7.07. The highest BCUT2D eigenvalue weighted by Crippen LogP contribution is 2.32. The molecule has 1 aliphatic rings. The maximum Gasteiger partial charge on any atom is 0.278 e. The largest absolute Gasteiger partial charge is 0.454 e. The molecule has 1 N–H and O–H groups in total. The third-order valence-electron chi connectivity index (χ3n) is 3.33. The van der Waals surface area contributed by atoms with Crippen LogP contribution in [0.25, 0.3) is 0 Å². The van der Waals surface area contributed by atoms with Gasteiger partial charge in [0.15, 0.2) is 11.5 Å². The Morgan fingerprint density at radius 3 is 2.88 bits per heavy atom. The molecule has 122 valence electrons. The molecule has 8 heteroatoms. The molecule has 0 bridgehead atoms. The number of nitrogens with one attached hydrogen (secondary N) is 1. The molecule has 2 aromatic rings. The fraction of sp³-hybridized carbons (Fsp3) is 0.125. The van der Waals surface area contributed by atoms with Crippen LogP contribution < -0.4 is 14.9 Å². The summed E-state index contributed by atoms with van der Waals surface area (Å²) in [5, 5.41) is 14.7. The molecule has 0 fully saturated rings. The smallest absolute Gasteiger partial charge is 0.278 e. The molecular weight excluding hydrogens is 314 g/mol. The molecule has 8 nitrogen and oxygen atoms in total. The summed E-state index contributed by atoms with van der Waals surface area (Å²) >= 11 is 0. The number of carbonyl (C=O) groups is 1. The maximum atomic E-state index is 11.9. The van der Waals surface area contributed by atoms with Crippen molar-refractivity contribution in [3.63, 3.8) is 0 Å². The Balaban J connectivity index is 1.61. The van der Waals surface area contributed by atoms with Gasteiger partial charge in [-0.25, -0.2) is 5.43 Å². The number of nitro benzene ring substituents is 1. The van der Waals surface area contributed by atoms with E-state index in [-0.39, 0.29) is 24.8 Å². The van der Waals surface area contributed by atoms with Crippen molar-refractivity contribution in [2.24, 2.45) is 5.10 Å². The Bertz CT molecular complexity index is 819. The van der Waals surface area contributed by atoms with E-state index in [2.05, 4.69) is 10.5 Å². The molecule has 3 rings (SSSR count). The zero-order valence-corrected chi connectivity index (χ0v) is 12.5. The summed E-state index contributed by atoms with van der Waals surface area (Å²) in [7, 11) is 0. The summed E-state index contributed by atoms with van der Waals surface area (Å²) < 4.78 is 10.4. The van der Waals surface area contributed by atoms with Gasteiger partial charge in [-0.2, -0.15) is 5.10 Å². The number of rotatable bonds is 5. The fourth-order valence-electron chi connectivity index (χ4n) is 2.21. The molecule has 0 aromatic heterocycles. The van der Waals surface area contributed by atoms with Crippen molar-refractivity contribution in [1.82, 2.24) is 5.43 Å². The second-order valence-corrected chi connectivity index (χ2v) is 4.97. The number of benzene rings is 2. The van der Waals surface area contributed by atoms with Gasteiger partial charge in [-0.05, 0) is 23.8 Å². The number of nitro groups is 1. The number of hydrogen-bond donors (Lipinski definition) is 1. The average Bonchev–Trinajstić information content (AvgIpc) is 3.03. The fourth-order valence-corrected chi connectivity index (χ4v) is 2.21. The summed E-state index contributed by atoms with van der Waals surface area (Å²) in [4.78, 5) is 22.3. The van der Waals surface area contributed by atoms with Gasteiger partial charge in [0, 0.05) is 6.07 Å². The van der Waals surface area contributed by atoms with E-state index < -0.39 is 4.92 Å². The first-order valence-electron chi connectivity index (χ1n) is 7.07. The Morgan fingerprint density at radius 1 is 1.25 bits per heavy atom. The standard InChI is InChI=1S/C16H13N3O5/c20-16(8-11-5-6-14-15(7-11)24-10-23-14)18-17-9-12-3-1-2-4-13(12)19(21)22/h1-7,9H,8,10H2,(H,18,20)/b17-9-. The van der Waals surface area contributed by atoms with Crippen molar-refractivity contribution in [1.29, 1.82) is 0 Å². The van der Waals surface area contributed by atoms with Gasteiger partial charge in [0.1, 0.15) is 0 Å². The lowest BCUT2D eigenvalue weighted by Crippen LogP contribution is -2.19. The second kappa shape index (κ2) is 6.78. The first-order chi connectivity index (χ1) is 11.6. The van der Waals surface area contributed by atoms with Crippen molar-refractivity contribution in [3.8, 4) is 11.5 Å². The van der Waals surface area contributed by atoms with Crippen molar-refractivity contribution >= 4 is 17.8 Å². The lowest BCUT2D eigenvalue weighted by Gasteiger charge is -2.02. The van der Waals surface area contributed by atoms with Crippen LogP contribution in [-0.4, -0.2) is 23.8 Å². The zero-order valence-electron chi connectivity index (χ0n) is 12.5. The molecule has 0 aliphatic carbocycles. The van der Waals surface area contributed by atoms with Gasteiger partial charge in [0.2, 0.25) is 12.7 Å². The van der Waals surface area contributed by atoms with Crippen LogP contribution in [0.2, 0.25) is 0 Å². The van der Waals surface area contributed by atoms with Gasteiger partial charge in [-0.15, -0.1) is 0 Å². The van der Waals surface area contributed by atoms with Gasteiger partial charge in [-0.1, -0.05) is 18.2 Å². The molecule has 0 spiro atoms. The highest BCUT2D eigenvalue weighted by atomic mass is 16.7. The Morgan fingerprint density at radius 2 is 2.04 bits per heavy atom. The molecule has 2 aromatic carbocycles. The highest BCUT2D eigenvalue weighted by molar-refractivity contribution is 5.87. The van der Waals surface area contributed by atoms with Gasteiger partial charge in [0.25, 0.3) is 5.69 Å². The molecule has 1 heterocycles. The van der Waals surface area contributed by atoms with Gasteiger partial charge >= 0.3 is 0 Å². The van der Waals surface area contributed by atoms with Crippen molar-refractivity contribution < 1.29 is 19.2 Å². The maximum absolute atomic E-state index is 11.9. The zero-order chi connectivity index (χ0) is 16.9. The quantitative estimate of drug-likeness (QED) is 0.514. The molecule has 0 unspecified atom stereocenters. The van der Waals surface area contributed by atoms with Gasteiger partial charge < -0.3 is 9.47 Å². The minimum Gasteiger partial charge on any atom is -0.454 e. The molecule has 0 atom stereocenters. The molecule has 0 radical (unpaired) electrons. The Hall–Kier alpha value is -3.42. The van der Waals surface area contributed by atoms with E-state index in [9.17, 15) is 14.9 Å². The number of carbonyl (C=O) groups excluding carboxylic acids is 1.